The fraction of sp³-hybridized carbons (Fsp3) is 0.929. The Morgan fingerprint density at radius 1 is 1.42 bits per heavy atom. The predicted octanol–water partition coefficient (Wildman–Crippen LogP) is 1.66. The Morgan fingerprint density at radius 2 is 2.21 bits per heavy atom. The lowest BCUT2D eigenvalue weighted by Crippen LogP contribution is -2.55. The van der Waals surface area contributed by atoms with E-state index in [-0.39, 0.29) is 5.92 Å². The Hall–Kier alpha value is -0.650. The molecule has 0 aromatic heterocycles. The minimum Gasteiger partial charge on any atom is -0.480 e. The first-order chi connectivity index (χ1) is 9.17. The fourth-order valence-corrected chi connectivity index (χ4v) is 2.88. The van der Waals surface area contributed by atoms with E-state index in [1.807, 2.05) is 0 Å². The zero-order valence-electron chi connectivity index (χ0n) is 12.1. The van der Waals surface area contributed by atoms with Gasteiger partial charge in [-0.25, -0.2) is 0 Å². The molecule has 2 unspecified atom stereocenters. The van der Waals surface area contributed by atoms with Gasteiger partial charge < -0.3 is 19.9 Å². The highest BCUT2D eigenvalue weighted by Crippen LogP contribution is 2.38. The lowest BCUT2D eigenvalue weighted by molar-refractivity contribution is -0.147. The summed E-state index contributed by atoms with van der Waals surface area (Å²) >= 11 is 0. The standard InChI is InChI=1S/C14H27NO4/c1-3-8-15-14(13(16)17)7-4-5-12(14)6-9-19-11-10-18-2/h12,15H,3-11H2,1-2H3,(H,16,17). The van der Waals surface area contributed by atoms with Gasteiger partial charge in [0.1, 0.15) is 5.54 Å². The highest BCUT2D eigenvalue weighted by Gasteiger charge is 2.48. The highest BCUT2D eigenvalue weighted by molar-refractivity contribution is 5.79. The topological polar surface area (TPSA) is 67.8 Å². The van der Waals surface area contributed by atoms with Crippen molar-refractivity contribution in [1.82, 2.24) is 5.32 Å². The second-order valence-electron chi connectivity index (χ2n) is 5.19. The first-order valence-electron chi connectivity index (χ1n) is 7.22. The van der Waals surface area contributed by atoms with Gasteiger partial charge in [-0.05, 0) is 38.1 Å². The Kier molecular flexibility index (Phi) is 7.34. The van der Waals surface area contributed by atoms with Crippen LogP contribution in [0.5, 0.6) is 0 Å². The van der Waals surface area contributed by atoms with Crippen LogP contribution in [0.15, 0.2) is 0 Å². The molecule has 0 bridgehead atoms. The van der Waals surface area contributed by atoms with Crippen LogP contribution in [0.2, 0.25) is 0 Å². The summed E-state index contributed by atoms with van der Waals surface area (Å²) < 4.78 is 10.4. The van der Waals surface area contributed by atoms with Crippen molar-refractivity contribution < 1.29 is 19.4 Å². The van der Waals surface area contributed by atoms with Crippen LogP contribution in [0.25, 0.3) is 0 Å². The molecule has 0 aliphatic heterocycles. The molecule has 2 atom stereocenters. The van der Waals surface area contributed by atoms with Gasteiger partial charge in [-0.15, -0.1) is 0 Å². The van der Waals surface area contributed by atoms with Gasteiger partial charge in [0.2, 0.25) is 0 Å². The number of nitrogens with one attached hydrogen (secondary N) is 1. The quantitative estimate of drug-likeness (QED) is 0.593. The monoisotopic (exact) mass is 273 g/mol. The number of ether oxygens (including phenoxy) is 2. The maximum Gasteiger partial charge on any atom is 0.324 e. The van der Waals surface area contributed by atoms with E-state index in [1.165, 1.54) is 0 Å². The first-order valence-corrected chi connectivity index (χ1v) is 7.22. The third-order valence-corrected chi connectivity index (χ3v) is 3.94. The van der Waals surface area contributed by atoms with Crippen molar-refractivity contribution in [3.63, 3.8) is 0 Å². The van der Waals surface area contributed by atoms with Crippen LogP contribution in [0.1, 0.15) is 39.0 Å². The number of aliphatic carboxylic acids is 1. The van der Waals surface area contributed by atoms with Gasteiger partial charge in [-0.1, -0.05) is 13.3 Å². The Labute approximate surface area is 115 Å². The summed E-state index contributed by atoms with van der Waals surface area (Å²) in [5.41, 5.74) is -0.735. The molecule has 5 nitrogen and oxygen atoms in total. The number of methoxy groups -OCH3 is 1. The van der Waals surface area contributed by atoms with E-state index < -0.39 is 11.5 Å². The second kappa shape index (κ2) is 8.51. The number of carboxylic acids is 1. The molecule has 2 N–H and O–H groups in total. The number of hydrogen-bond donors (Lipinski definition) is 2. The SMILES string of the molecule is CCCNC1(C(=O)O)CCCC1CCOCCOC. The maximum atomic E-state index is 11.7. The Morgan fingerprint density at radius 3 is 2.84 bits per heavy atom. The van der Waals surface area contributed by atoms with Crippen LogP contribution in [0.4, 0.5) is 0 Å². The molecule has 1 rings (SSSR count). The zero-order valence-corrected chi connectivity index (χ0v) is 12.1. The van der Waals surface area contributed by atoms with Crippen molar-refractivity contribution in [2.75, 3.05) is 33.5 Å². The van der Waals surface area contributed by atoms with Crippen molar-refractivity contribution in [1.29, 1.82) is 0 Å². The van der Waals surface area contributed by atoms with Crippen LogP contribution in [0.3, 0.4) is 0 Å². The van der Waals surface area contributed by atoms with Gasteiger partial charge in [0.15, 0.2) is 0 Å². The normalized spacial score (nSPS) is 26.7. The van der Waals surface area contributed by atoms with Crippen molar-refractivity contribution in [3.05, 3.63) is 0 Å². The lowest BCUT2D eigenvalue weighted by Gasteiger charge is -2.32. The van der Waals surface area contributed by atoms with E-state index in [0.29, 0.717) is 19.8 Å². The van der Waals surface area contributed by atoms with E-state index in [1.54, 1.807) is 7.11 Å². The average molecular weight is 273 g/mol. The molecular weight excluding hydrogens is 246 g/mol. The van der Waals surface area contributed by atoms with Crippen molar-refractivity contribution in [2.24, 2.45) is 5.92 Å². The molecule has 5 heteroatoms. The van der Waals surface area contributed by atoms with Crippen molar-refractivity contribution in [3.8, 4) is 0 Å². The molecule has 1 aliphatic rings. The fourth-order valence-electron chi connectivity index (χ4n) is 2.88. The summed E-state index contributed by atoms with van der Waals surface area (Å²) in [6.07, 6.45) is 4.42. The predicted molar refractivity (Wildman–Crippen MR) is 73.3 cm³/mol. The van der Waals surface area contributed by atoms with E-state index >= 15 is 0 Å². The highest BCUT2D eigenvalue weighted by atomic mass is 16.5. The van der Waals surface area contributed by atoms with E-state index in [0.717, 1.165) is 38.6 Å². The van der Waals surface area contributed by atoms with Gasteiger partial charge in [-0.2, -0.15) is 0 Å². The third-order valence-electron chi connectivity index (χ3n) is 3.94. The van der Waals surface area contributed by atoms with Gasteiger partial charge in [0.05, 0.1) is 13.2 Å². The summed E-state index contributed by atoms with van der Waals surface area (Å²) in [5.74, 6) is -0.542. The molecule has 1 fully saturated rings. The molecule has 19 heavy (non-hydrogen) atoms. The van der Waals surface area contributed by atoms with Crippen molar-refractivity contribution in [2.45, 2.75) is 44.6 Å². The summed E-state index contributed by atoms with van der Waals surface area (Å²) in [6.45, 7) is 4.58. The van der Waals surface area contributed by atoms with Gasteiger partial charge in [0, 0.05) is 13.7 Å². The third kappa shape index (κ3) is 4.44. The lowest BCUT2D eigenvalue weighted by atomic mass is 9.84. The summed E-state index contributed by atoms with van der Waals surface area (Å²) in [5, 5.41) is 12.8. The van der Waals surface area contributed by atoms with Gasteiger partial charge in [-0.3, -0.25) is 4.79 Å². The van der Waals surface area contributed by atoms with Crippen LogP contribution in [-0.4, -0.2) is 50.1 Å². The molecule has 0 heterocycles. The first kappa shape index (κ1) is 16.4. The number of rotatable bonds is 10. The van der Waals surface area contributed by atoms with Crippen LogP contribution < -0.4 is 5.32 Å². The molecule has 0 radical (unpaired) electrons. The largest absolute Gasteiger partial charge is 0.480 e. The van der Waals surface area contributed by atoms with E-state index in [9.17, 15) is 9.90 Å². The summed E-state index contributed by atoms with van der Waals surface area (Å²) in [4.78, 5) is 11.7. The number of carboxylic acid groups (broad SMARTS) is 1. The minimum atomic E-state index is -0.735. The molecule has 0 spiro atoms. The zero-order chi connectivity index (χ0) is 14.1. The van der Waals surface area contributed by atoms with Crippen LogP contribution in [-0.2, 0) is 14.3 Å². The van der Waals surface area contributed by atoms with Gasteiger partial charge in [0.25, 0.3) is 0 Å². The Balaban J connectivity index is 2.46. The molecule has 0 saturated heterocycles. The molecule has 1 aliphatic carbocycles. The van der Waals surface area contributed by atoms with Crippen LogP contribution >= 0.6 is 0 Å². The smallest absolute Gasteiger partial charge is 0.324 e. The second-order valence-corrected chi connectivity index (χ2v) is 5.19. The number of hydrogen-bond acceptors (Lipinski definition) is 4. The maximum absolute atomic E-state index is 11.7. The molecule has 0 amide bonds. The molecular formula is C14H27NO4. The molecule has 0 aromatic carbocycles. The minimum absolute atomic E-state index is 0.166. The van der Waals surface area contributed by atoms with E-state index in [4.69, 9.17) is 9.47 Å². The average Bonchev–Trinajstić information content (AvgIpc) is 2.80. The van der Waals surface area contributed by atoms with E-state index in [2.05, 4.69) is 12.2 Å². The Bertz CT molecular complexity index is 272. The molecule has 1 saturated carbocycles. The van der Waals surface area contributed by atoms with Crippen molar-refractivity contribution >= 4 is 5.97 Å². The number of carbonyl (C=O) groups is 1. The van der Waals surface area contributed by atoms with Crippen LogP contribution in [0, 0.1) is 5.92 Å². The molecule has 112 valence electrons. The summed E-state index contributed by atoms with van der Waals surface area (Å²) in [7, 11) is 1.64. The summed E-state index contributed by atoms with van der Waals surface area (Å²) in [6, 6.07) is 0. The van der Waals surface area contributed by atoms with Gasteiger partial charge >= 0.3 is 5.97 Å². The molecule has 0 aromatic rings.